The Kier molecular flexibility index (Phi) is 5.75. The van der Waals surface area contributed by atoms with Crippen LogP contribution < -0.4 is 0 Å². The lowest BCUT2D eigenvalue weighted by Crippen LogP contribution is -1.84. The molecule has 0 aliphatic rings. The molecule has 0 saturated carbocycles. The molecule has 0 N–H and O–H groups in total. The van der Waals surface area contributed by atoms with Gasteiger partial charge in [0.15, 0.2) is 0 Å². The van der Waals surface area contributed by atoms with Crippen molar-refractivity contribution in [3.8, 4) is 11.5 Å². The summed E-state index contributed by atoms with van der Waals surface area (Å²) in [5.41, 5.74) is 0.897. The molecule has 1 heterocycles. The molecular formula is C16H12BrFN2OS2. The van der Waals surface area contributed by atoms with E-state index in [2.05, 4.69) is 26.1 Å². The highest BCUT2D eigenvalue weighted by atomic mass is 79.9. The minimum absolute atomic E-state index is 0.213. The lowest BCUT2D eigenvalue weighted by Gasteiger charge is -1.99. The van der Waals surface area contributed by atoms with E-state index in [1.807, 2.05) is 24.3 Å². The molecule has 0 aliphatic heterocycles. The Morgan fingerprint density at radius 3 is 2.35 bits per heavy atom. The molecule has 3 rings (SSSR count). The summed E-state index contributed by atoms with van der Waals surface area (Å²) >= 11 is 6.58. The molecule has 0 aliphatic carbocycles. The Labute approximate surface area is 150 Å². The summed E-state index contributed by atoms with van der Waals surface area (Å²) in [4.78, 5) is 1.05. The number of hydrogen-bond donors (Lipinski definition) is 0. The van der Waals surface area contributed by atoms with Gasteiger partial charge >= 0.3 is 0 Å². The van der Waals surface area contributed by atoms with Crippen molar-refractivity contribution in [2.24, 2.45) is 0 Å². The van der Waals surface area contributed by atoms with Gasteiger partial charge in [-0.15, -0.1) is 22.0 Å². The number of aromatic nitrogens is 2. The third kappa shape index (κ3) is 4.83. The fourth-order valence-corrected chi connectivity index (χ4v) is 3.70. The van der Waals surface area contributed by atoms with Crippen LogP contribution in [0.5, 0.6) is 0 Å². The van der Waals surface area contributed by atoms with Crippen molar-refractivity contribution in [1.29, 1.82) is 0 Å². The average Bonchev–Trinajstić information content (AvgIpc) is 3.03. The molecule has 3 nitrogen and oxygen atoms in total. The van der Waals surface area contributed by atoms with Gasteiger partial charge < -0.3 is 4.42 Å². The van der Waals surface area contributed by atoms with E-state index in [9.17, 15) is 4.39 Å². The Bertz CT molecular complexity index is 763. The van der Waals surface area contributed by atoms with Gasteiger partial charge in [0.05, 0.1) is 0 Å². The second kappa shape index (κ2) is 7.99. The topological polar surface area (TPSA) is 38.9 Å². The van der Waals surface area contributed by atoms with Crippen LogP contribution in [0.15, 0.2) is 67.5 Å². The number of hydrogen-bond acceptors (Lipinski definition) is 5. The van der Waals surface area contributed by atoms with E-state index in [1.165, 1.54) is 23.9 Å². The smallest absolute Gasteiger partial charge is 0.276 e. The summed E-state index contributed by atoms with van der Waals surface area (Å²) in [5.74, 6) is 2.03. The standard InChI is InChI=1S/C16H12BrFN2OS2/c17-12-3-1-11(2-4-12)15-19-20-16(21-15)23-10-9-22-14-7-5-13(18)6-8-14/h1-8H,9-10H2. The summed E-state index contributed by atoms with van der Waals surface area (Å²) in [6.45, 7) is 0. The molecule has 7 heteroatoms. The van der Waals surface area contributed by atoms with Crippen molar-refractivity contribution in [3.63, 3.8) is 0 Å². The lowest BCUT2D eigenvalue weighted by atomic mass is 10.2. The second-order valence-electron chi connectivity index (χ2n) is 4.53. The van der Waals surface area contributed by atoms with E-state index in [1.54, 1.807) is 23.9 Å². The van der Waals surface area contributed by atoms with Crippen molar-refractivity contribution in [2.75, 3.05) is 11.5 Å². The van der Waals surface area contributed by atoms with Gasteiger partial charge in [-0.3, -0.25) is 0 Å². The SMILES string of the molecule is Fc1ccc(SCCSc2nnc(-c3ccc(Br)cc3)o2)cc1. The Morgan fingerprint density at radius 2 is 1.61 bits per heavy atom. The van der Waals surface area contributed by atoms with Crippen molar-refractivity contribution in [2.45, 2.75) is 10.1 Å². The molecular weight excluding hydrogens is 399 g/mol. The summed E-state index contributed by atoms with van der Waals surface area (Å²) in [7, 11) is 0. The maximum absolute atomic E-state index is 12.8. The molecule has 2 aromatic carbocycles. The van der Waals surface area contributed by atoms with Crippen LogP contribution in [0.3, 0.4) is 0 Å². The second-order valence-corrected chi connectivity index (χ2v) is 7.66. The van der Waals surface area contributed by atoms with Gasteiger partial charge in [-0.25, -0.2) is 4.39 Å². The molecule has 1 aromatic heterocycles. The van der Waals surface area contributed by atoms with Crippen molar-refractivity contribution in [1.82, 2.24) is 10.2 Å². The van der Waals surface area contributed by atoms with Gasteiger partial charge in [-0.1, -0.05) is 27.7 Å². The molecule has 23 heavy (non-hydrogen) atoms. The fourth-order valence-electron chi connectivity index (χ4n) is 1.80. The molecule has 0 unspecified atom stereocenters. The van der Waals surface area contributed by atoms with Crippen LogP contribution in [0.1, 0.15) is 0 Å². The summed E-state index contributed by atoms with van der Waals surface area (Å²) in [5, 5.41) is 8.67. The zero-order valence-corrected chi connectivity index (χ0v) is 15.1. The van der Waals surface area contributed by atoms with Gasteiger partial charge in [-0.05, 0) is 48.5 Å². The zero-order chi connectivity index (χ0) is 16.1. The number of thioether (sulfide) groups is 2. The van der Waals surface area contributed by atoms with E-state index in [-0.39, 0.29) is 5.82 Å². The summed E-state index contributed by atoms with van der Waals surface area (Å²) in [6.07, 6.45) is 0. The van der Waals surface area contributed by atoms with Gasteiger partial charge in [0.2, 0.25) is 5.89 Å². The monoisotopic (exact) mass is 410 g/mol. The maximum Gasteiger partial charge on any atom is 0.276 e. The van der Waals surface area contributed by atoms with Crippen LogP contribution in [-0.4, -0.2) is 21.7 Å². The van der Waals surface area contributed by atoms with E-state index in [0.717, 1.165) is 26.4 Å². The molecule has 3 aromatic rings. The Morgan fingerprint density at radius 1 is 0.913 bits per heavy atom. The highest BCUT2D eigenvalue weighted by Crippen LogP contribution is 2.26. The minimum Gasteiger partial charge on any atom is -0.411 e. The van der Waals surface area contributed by atoms with Crippen molar-refractivity contribution in [3.05, 3.63) is 58.8 Å². The van der Waals surface area contributed by atoms with Gasteiger partial charge in [-0.2, -0.15) is 0 Å². The number of halogens is 2. The van der Waals surface area contributed by atoms with E-state index >= 15 is 0 Å². The van der Waals surface area contributed by atoms with Gasteiger partial charge in [0.1, 0.15) is 5.82 Å². The van der Waals surface area contributed by atoms with Crippen LogP contribution in [0.4, 0.5) is 4.39 Å². The number of nitrogens with zero attached hydrogens (tertiary/aromatic N) is 2. The summed E-state index contributed by atoms with van der Waals surface area (Å²) < 4.78 is 19.5. The molecule has 0 bridgehead atoms. The quantitative estimate of drug-likeness (QED) is 0.394. The molecule has 0 fully saturated rings. The first-order valence-electron chi connectivity index (χ1n) is 6.81. The molecule has 118 valence electrons. The molecule has 0 amide bonds. The van der Waals surface area contributed by atoms with Crippen LogP contribution in [0.2, 0.25) is 0 Å². The third-order valence-electron chi connectivity index (χ3n) is 2.89. The Hall–Kier alpha value is -1.31. The molecule has 0 spiro atoms. The molecule has 0 radical (unpaired) electrons. The molecule has 0 saturated heterocycles. The van der Waals surface area contributed by atoms with Crippen LogP contribution in [0.25, 0.3) is 11.5 Å². The average molecular weight is 411 g/mol. The lowest BCUT2D eigenvalue weighted by molar-refractivity contribution is 0.466. The highest BCUT2D eigenvalue weighted by Gasteiger charge is 2.08. The first kappa shape index (κ1) is 16.5. The van der Waals surface area contributed by atoms with Crippen LogP contribution in [-0.2, 0) is 0 Å². The maximum atomic E-state index is 12.8. The van der Waals surface area contributed by atoms with Gasteiger partial charge in [0.25, 0.3) is 5.22 Å². The third-order valence-corrected chi connectivity index (χ3v) is 5.51. The van der Waals surface area contributed by atoms with E-state index in [0.29, 0.717) is 11.1 Å². The van der Waals surface area contributed by atoms with Crippen LogP contribution >= 0.6 is 39.5 Å². The highest BCUT2D eigenvalue weighted by molar-refractivity contribution is 9.10. The van der Waals surface area contributed by atoms with Gasteiger partial charge in [0, 0.05) is 26.4 Å². The van der Waals surface area contributed by atoms with Crippen molar-refractivity contribution >= 4 is 39.5 Å². The van der Waals surface area contributed by atoms with E-state index < -0.39 is 0 Å². The normalized spacial score (nSPS) is 10.9. The first-order chi connectivity index (χ1) is 11.2. The fraction of sp³-hybridized carbons (Fsp3) is 0.125. The minimum atomic E-state index is -0.213. The predicted molar refractivity (Wildman–Crippen MR) is 95.3 cm³/mol. The first-order valence-corrected chi connectivity index (χ1v) is 9.58. The number of benzene rings is 2. The largest absolute Gasteiger partial charge is 0.411 e. The zero-order valence-electron chi connectivity index (χ0n) is 11.9. The summed E-state index contributed by atoms with van der Waals surface area (Å²) in [6, 6.07) is 14.2. The predicted octanol–water partition coefficient (Wildman–Crippen LogP) is 5.52. The van der Waals surface area contributed by atoms with Crippen molar-refractivity contribution < 1.29 is 8.81 Å². The van der Waals surface area contributed by atoms with E-state index in [4.69, 9.17) is 4.42 Å². The van der Waals surface area contributed by atoms with Crippen LogP contribution in [0, 0.1) is 5.82 Å². The Balaban J connectivity index is 1.49. The number of rotatable bonds is 6. The molecule has 0 atom stereocenters.